The monoisotopic (exact) mass is 405 g/mol. The molecule has 0 saturated heterocycles. The molecule has 0 aliphatic heterocycles. The quantitative estimate of drug-likeness (QED) is 0.724. The number of nitrogens with zero attached hydrogens (tertiary/aromatic N) is 1. The van der Waals surface area contributed by atoms with Crippen LogP contribution >= 0.6 is 0 Å². The SMILES string of the molecule is Cc1ccc(C2CC3(C)C(O)CCC3C3CCC4=CC(=O)CCC4=C23)cc1N(C)C. The minimum Gasteiger partial charge on any atom is -0.393 e. The number of carbonyl (C=O) groups is 1. The molecule has 0 heterocycles. The third-order valence-electron chi connectivity index (χ3n) is 8.80. The topological polar surface area (TPSA) is 40.5 Å². The maximum absolute atomic E-state index is 12.1. The molecule has 30 heavy (non-hydrogen) atoms. The molecule has 5 rings (SSSR count). The highest BCUT2D eigenvalue weighted by molar-refractivity contribution is 5.93. The first-order chi connectivity index (χ1) is 14.3. The smallest absolute Gasteiger partial charge is 0.156 e. The number of aliphatic hydroxyl groups is 1. The molecule has 3 nitrogen and oxygen atoms in total. The van der Waals surface area contributed by atoms with Gasteiger partial charge in [-0.2, -0.15) is 0 Å². The summed E-state index contributed by atoms with van der Waals surface area (Å²) in [6.45, 7) is 4.53. The fraction of sp³-hybridized carbons (Fsp3) is 0.593. The lowest BCUT2D eigenvalue weighted by molar-refractivity contribution is -0.114. The van der Waals surface area contributed by atoms with E-state index in [1.165, 1.54) is 28.0 Å². The summed E-state index contributed by atoms with van der Waals surface area (Å²) in [6, 6.07) is 6.95. The Balaban J connectivity index is 1.69. The van der Waals surface area contributed by atoms with Crippen LogP contribution in [0.15, 0.2) is 41.0 Å². The normalized spacial score (nSPS) is 35.5. The largest absolute Gasteiger partial charge is 0.393 e. The van der Waals surface area contributed by atoms with E-state index in [-0.39, 0.29) is 11.5 Å². The molecular weight excluding hydrogens is 370 g/mol. The van der Waals surface area contributed by atoms with Crippen molar-refractivity contribution in [3.05, 3.63) is 52.1 Å². The summed E-state index contributed by atoms with van der Waals surface area (Å²) in [5.74, 6) is 1.77. The van der Waals surface area contributed by atoms with Crippen molar-refractivity contribution in [2.24, 2.45) is 17.3 Å². The van der Waals surface area contributed by atoms with Gasteiger partial charge in [0.1, 0.15) is 0 Å². The van der Waals surface area contributed by atoms with E-state index in [1.54, 1.807) is 5.57 Å². The van der Waals surface area contributed by atoms with Crippen LogP contribution in [0.5, 0.6) is 0 Å². The third-order valence-corrected chi connectivity index (χ3v) is 8.80. The summed E-state index contributed by atoms with van der Waals surface area (Å²) in [6.07, 6.45) is 8.57. The molecule has 1 N–H and O–H groups in total. The van der Waals surface area contributed by atoms with E-state index < -0.39 is 0 Å². The highest BCUT2D eigenvalue weighted by atomic mass is 16.3. The molecule has 0 bridgehead atoms. The first-order valence-electron chi connectivity index (χ1n) is 11.7. The number of ketones is 1. The fourth-order valence-electron chi connectivity index (χ4n) is 7.26. The van der Waals surface area contributed by atoms with Gasteiger partial charge in [-0.3, -0.25) is 4.79 Å². The van der Waals surface area contributed by atoms with E-state index in [1.807, 2.05) is 6.08 Å². The number of rotatable bonds is 2. The van der Waals surface area contributed by atoms with E-state index in [0.29, 0.717) is 30.0 Å². The zero-order chi connectivity index (χ0) is 21.2. The van der Waals surface area contributed by atoms with Crippen molar-refractivity contribution in [3.63, 3.8) is 0 Å². The van der Waals surface area contributed by atoms with Gasteiger partial charge in [-0.25, -0.2) is 0 Å². The van der Waals surface area contributed by atoms with Gasteiger partial charge < -0.3 is 10.0 Å². The van der Waals surface area contributed by atoms with Crippen LogP contribution in [0.4, 0.5) is 5.69 Å². The molecule has 0 amide bonds. The minimum atomic E-state index is -0.194. The summed E-state index contributed by atoms with van der Waals surface area (Å²) in [5.41, 5.74) is 8.37. The molecule has 3 heteroatoms. The number of benzene rings is 1. The van der Waals surface area contributed by atoms with Gasteiger partial charge in [0.2, 0.25) is 0 Å². The summed E-state index contributed by atoms with van der Waals surface area (Å²) in [5, 5.41) is 11.0. The molecule has 0 radical (unpaired) electrons. The number of aryl methyl sites for hydroxylation is 1. The van der Waals surface area contributed by atoms with Crippen LogP contribution < -0.4 is 4.90 Å². The Labute approximate surface area is 180 Å². The van der Waals surface area contributed by atoms with E-state index in [2.05, 4.69) is 51.0 Å². The number of fused-ring (bicyclic) bond motifs is 4. The Morgan fingerprint density at radius 2 is 1.90 bits per heavy atom. The number of hydrogen-bond acceptors (Lipinski definition) is 3. The first-order valence-corrected chi connectivity index (χ1v) is 11.7. The zero-order valence-electron chi connectivity index (χ0n) is 18.9. The number of allylic oxidation sites excluding steroid dienone is 4. The average Bonchev–Trinajstić information content (AvgIpc) is 3.01. The van der Waals surface area contributed by atoms with Crippen LogP contribution in [0.2, 0.25) is 0 Å². The highest BCUT2D eigenvalue weighted by Gasteiger charge is 2.56. The molecule has 2 saturated carbocycles. The predicted molar refractivity (Wildman–Crippen MR) is 122 cm³/mol. The van der Waals surface area contributed by atoms with Crippen molar-refractivity contribution in [2.75, 3.05) is 19.0 Å². The Morgan fingerprint density at radius 1 is 1.10 bits per heavy atom. The van der Waals surface area contributed by atoms with Crippen LogP contribution in [-0.2, 0) is 4.79 Å². The molecule has 160 valence electrons. The van der Waals surface area contributed by atoms with Gasteiger partial charge in [0.05, 0.1) is 6.10 Å². The predicted octanol–water partition coefficient (Wildman–Crippen LogP) is 5.32. The Kier molecular flexibility index (Phi) is 4.74. The maximum atomic E-state index is 12.1. The van der Waals surface area contributed by atoms with Crippen LogP contribution in [0.25, 0.3) is 0 Å². The lowest BCUT2D eigenvalue weighted by atomic mass is 9.53. The summed E-state index contributed by atoms with van der Waals surface area (Å²) < 4.78 is 0. The Hall–Kier alpha value is -1.87. The number of carbonyl (C=O) groups excluding carboxylic acids is 1. The van der Waals surface area contributed by atoms with E-state index in [4.69, 9.17) is 0 Å². The summed E-state index contributed by atoms with van der Waals surface area (Å²) in [4.78, 5) is 14.3. The molecular formula is C27H35NO2. The molecule has 4 aliphatic carbocycles. The zero-order valence-corrected chi connectivity index (χ0v) is 18.9. The molecule has 1 aromatic carbocycles. The standard InChI is InChI=1S/C27H35NO2/c1-16-5-6-18(14-24(16)28(3)4)22-15-27(2)23(11-12-25(27)30)21-9-7-17-13-19(29)8-10-20(17)26(21)22/h5-6,13-14,21-23,25,30H,7-12,15H2,1-4H3. The first kappa shape index (κ1) is 20.1. The summed E-state index contributed by atoms with van der Waals surface area (Å²) >= 11 is 0. The van der Waals surface area contributed by atoms with E-state index in [0.717, 1.165) is 38.5 Å². The highest BCUT2D eigenvalue weighted by Crippen LogP contribution is 2.63. The lowest BCUT2D eigenvalue weighted by Crippen LogP contribution is -2.45. The maximum Gasteiger partial charge on any atom is 0.156 e. The Morgan fingerprint density at radius 3 is 2.67 bits per heavy atom. The minimum absolute atomic E-state index is 0.00569. The second kappa shape index (κ2) is 7.09. The molecule has 1 aromatic rings. The van der Waals surface area contributed by atoms with Gasteiger partial charge in [0.25, 0.3) is 0 Å². The second-order valence-corrected chi connectivity index (χ2v) is 10.6. The lowest BCUT2D eigenvalue weighted by Gasteiger charge is -2.52. The van der Waals surface area contributed by atoms with Crippen molar-refractivity contribution >= 4 is 11.5 Å². The molecule has 5 atom stereocenters. The van der Waals surface area contributed by atoms with E-state index >= 15 is 0 Å². The van der Waals surface area contributed by atoms with Gasteiger partial charge in [0.15, 0.2) is 5.78 Å². The molecule has 5 unspecified atom stereocenters. The van der Waals surface area contributed by atoms with Crippen molar-refractivity contribution in [2.45, 2.75) is 70.8 Å². The van der Waals surface area contributed by atoms with Crippen molar-refractivity contribution in [3.8, 4) is 0 Å². The van der Waals surface area contributed by atoms with Gasteiger partial charge >= 0.3 is 0 Å². The van der Waals surface area contributed by atoms with Crippen molar-refractivity contribution in [1.82, 2.24) is 0 Å². The molecule has 0 spiro atoms. The van der Waals surface area contributed by atoms with E-state index in [9.17, 15) is 9.90 Å². The molecule has 2 fully saturated rings. The fourth-order valence-corrected chi connectivity index (χ4v) is 7.26. The van der Waals surface area contributed by atoms with Crippen LogP contribution in [0.1, 0.15) is 68.9 Å². The third kappa shape index (κ3) is 2.92. The van der Waals surface area contributed by atoms with Gasteiger partial charge in [-0.15, -0.1) is 0 Å². The summed E-state index contributed by atoms with van der Waals surface area (Å²) in [7, 11) is 4.23. The average molecular weight is 406 g/mol. The molecule has 0 aromatic heterocycles. The van der Waals surface area contributed by atoms with Crippen molar-refractivity contribution < 1.29 is 9.90 Å². The Bertz CT molecular complexity index is 956. The van der Waals surface area contributed by atoms with Crippen LogP contribution in [0.3, 0.4) is 0 Å². The van der Waals surface area contributed by atoms with Gasteiger partial charge in [-0.1, -0.05) is 24.6 Å². The number of anilines is 1. The van der Waals surface area contributed by atoms with Crippen LogP contribution in [-0.4, -0.2) is 31.1 Å². The van der Waals surface area contributed by atoms with Crippen LogP contribution in [0, 0.1) is 24.2 Å². The van der Waals surface area contributed by atoms with Crippen molar-refractivity contribution in [1.29, 1.82) is 0 Å². The second-order valence-electron chi connectivity index (χ2n) is 10.6. The number of hydrogen-bond donors (Lipinski definition) is 1. The van der Waals surface area contributed by atoms with Gasteiger partial charge in [-0.05, 0) is 97.1 Å². The molecule has 4 aliphatic rings. The number of aliphatic hydroxyl groups excluding tert-OH is 1. The van der Waals surface area contributed by atoms with Gasteiger partial charge in [0, 0.05) is 32.1 Å².